The van der Waals surface area contributed by atoms with E-state index in [1.807, 2.05) is 0 Å². The Balaban J connectivity index is 1.65. The molecule has 0 aromatic heterocycles. The molecule has 0 amide bonds. The van der Waals surface area contributed by atoms with Crippen molar-refractivity contribution in [2.45, 2.75) is 31.0 Å². The summed E-state index contributed by atoms with van der Waals surface area (Å²) in [6.07, 6.45) is 0. The van der Waals surface area contributed by atoms with Gasteiger partial charge in [-0.3, -0.25) is 0 Å². The van der Waals surface area contributed by atoms with E-state index in [2.05, 4.69) is 72.8 Å². The second kappa shape index (κ2) is 5.47. The average molecular weight is 373 g/mol. The number of fused-ring (bicyclic) bond motifs is 3. The Bertz CT molecular complexity index is 1380. The summed E-state index contributed by atoms with van der Waals surface area (Å²) in [5, 5.41) is 15.5. The van der Waals surface area contributed by atoms with Gasteiger partial charge < -0.3 is 4.74 Å². The van der Waals surface area contributed by atoms with Crippen molar-refractivity contribution in [3.05, 3.63) is 94.5 Å². The first-order chi connectivity index (χ1) is 14.4. The number of nitrogens with zero attached hydrogens (tertiary/aromatic N) is 1. The molecule has 4 aromatic rings. The summed E-state index contributed by atoms with van der Waals surface area (Å²) in [7, 11) is 0. The maximum atomic E-state index is 10.2. The van der Waals surface area contributed by atoms with Crippen LogP contribution in [0.5, 0.6) is 0 Å². The smallest absolute Gasteiger partial charge is 0.0724 e. The third-order valence-electron chi connectivity index (χ3n) is 7.51. The molecular formula is C27H19NO. The Morgan fingerprint density at radius 3 is 2.31 bits per heavy atom. The molecule has 1 aliphatic heterocycles. The maximum Gasteiger partial charge on any atom is 0.0724 e. The van der Waals surface area contributed by atoms with Crippen LogP contribution in [0.25, 0.3) is 21.5 Å². The minimum absolute atomic E-state index is 0.00122. The van der Waals surface area contributed by atoms with Gasteiger partial charge >= 0.3 is 0 Å². The zero-order valence-electron chi connectivity index (χ0n) is 15.9. The second-order valence-corrected chi connectivity index (χ2v) is 8.67. The summed E-state index contributed by atoms with van der Waals surface area (Å²) in [6, 6.07) is 26.9. The minimum Gasteiger partial charge on any atom is -0.372 e. The van der Waals surface area contributed by atoms with Gasteiger partial charge in [-0.1, -0.05) is 66.7 Å². The van der Waals surface area contributed by atoms with Crippen LogP contribution < -0.4 is 0 Å². The SMILES string of the molecule is N#C[C@H]1[C@H]2c3ccccc3COCc3ccc4ccc5cccc6c5c4c3[C@H]2[C@@H]61. The van der Waals surface area contributed by atoms with Crippen molar-refractivity contribution in [1.29, 1.82) is 5.26 Å². The molecule has 4 atom stereocenters. The van der Waals surface area contributed by atoms with E-state index in [-0.39, 0.29) is 17.8 Å². The number of nitriles is 1. The first-order valence-corrected chi connectivity index (χ1v) is 10.4. The van der Waals surface area contributed by atoms with Gasteiger partial charge in [0.2, 0.25) is 0 Å². The highest BCUT2D eigenvalue weighted by Gasteiger charge is 2.56. The molecular weight excluding hydrogens is 354 g/mol. The number of hydrogen-bond donors (Lipinski definition) is 0. The molecule has 0 unspecified atom stereocenters. The van der Waals surface area contributed by atoms with Crippen molar-refractivity contribution < 1.29 is 4.74 Å². The summed E-state index contributed by atoms with van der Waals surface area (Å²) >= 11 is 0. The summed E-state index contributed by atoms with van der Waals surface area (Å²) in [5.41, 5.74) is 6.63. The van der Waals surface area contributed by atoms with E-state index < -0.39 is 0 Å². The Kier molecular flexibility index (Phi) is 2.97. The van der Waals surface area contributed by atoms with Crippen LogP contribution in [-0.2, 0) is 18.0 Å². The molecule has 1 heterocycles. The van der Waals surface area contributed by atoms with Gasteiger partial charge in [-0.25, -0.2) is 0 Å². The summed E-state index contributed by atoms with van der Waals surface area (Å²) < 4.78 is 6.19. The Morgan fingerprint density at radius 1 is 0.690 bits per heavy atom. The predicted molar refractivity (Wildman–Crippen MR) is 114 cm³/mol. The van der Waals surface area contributed by atoms with Gasteiger partial charge in [0, 0.05) is 17.8 Å². The molecule has 2 heteroatoms. The highest BCUT2D eigenvalue weighted by molar-refractivity contribution is 6.13. The predicted octanol–water partition coefficient (Wildman–Crippen LogP) is 6.14. The van der Waals surface area contributed by atoms with Gasteiger partial charge in [0.25, 0.3) is 0 Å². The molecule has 4 aromatic carbocycles. The lowest BCUT2D eigenvalue weighted by Gasteiger charge is -2.53. The number of ether oxygens (including phenoxy) is 1. The average Bonchev–Trinajstić information content (AvgIpc) is 2.80. The van der Waals surface area contributed by atoms with Gasteiger partial charge in [0.1, 0.15) is 0 Å². The molecule has 1 saturated carbocycles. The lowest BCUT2D eigenvalue weighted by Crippen LogP contribution is -2.43. The molecule has 138 valence electrons. The van der Waals surface area contributed by atoms with Crippen molar-refractivity contribution in [3.63, 3.8) is 0 Å². The number of rotatable bonds is 0. The molecule has 0 radical (unpaired) electrons. The van der Waals surface area contributed by atoms with Crippen LogP contribution in [-0.4, -0.2) is 0 Å². The highest BCUT2D eigenvalue weighted by atomic mass is 16.5. The number of hydrogen-bond acceptors (Lipinski definition) is 2. The minimum atomic E-state index is 0.00122. The Morgan fingerprint density at radius 2 is 1.41 bits per heavy atom. The first-order valence-electron chi connectivity index (χ1n) is 10.4. The van der Waals surface area contributed by atoms with Crippen LogP contribution in [0, 0.1) is 17.2 Å². The third kappa shape index (κ3) is 1.85. The summed E-state index contributed by atoms with van der Waals surface area (Å²) in [6.45, 7) is 1.24. The fourth-order valence-electron chi connectivity index (χ4n) is 6.38. The fourth-order valence-corrected chi connectivity index (χ4v) is 6.38. The molecule has 1 fully saturated rings. The molecule has 0 saturated heterocycles. The zero-order chi connectivity index (χ0) is 19.1. The van der Waals surface area contributed by atoms with Crippen LogP contribution >= 0.6 is 0 Å². The zero-order valence-corrected chi connectivity index (χ0v) is 15.9. The lowest BCUT2D eigenvalue weighted by molar-refractivity contribution is 0.107. The van der Waals surface area contributed by atoms with E-state index >= 15 is 0 Å². The van der Waals surface area contributed by atoms with Crippen molar-refractivity contribution in [1.82, 2.24) is 0 Å². The monoisotopic (exact) mass is 373 g/mol. The molecule has 2 aliphatic carbocycles. The van der Waals surface area contributed by atoms with E-state index in [0.29, 0.717) is 19.1 Å². The van der Waals surface area contributed by atoms with Crippen LogP contribution in [0.15, 0.2) is 66.7 Å². The van der Waals surface area contributed by atoms with Gasteiger partial charge in [-0.2, -0.15) is 5.26 Å². The Labute approximate surface area is 169 Å². The van der Waals surface area contributed by atoms with Gasteiger partial charge in [-0.05, 0) is 49.4 Å². The van der Waals surface area contributed by atoms with E-state index in [1.165, 1.54) is 49.4 Å². The van der Waals surface area contributed by atoms with Gasteiger partial charge in [0.15, 0.2) is 0 Å². The normalized spacial score (nSPS) is 26.2. The van der Waals surface area contributed by atoms with Crippen LogP contribution in [0.3, 0.4) is 0 Å². The Hall–Kier alpha value is -3.15. The third-order valence-corrected chi connectivity index (χ3v) is 7.51. The van der Waals surface area contributed by atoms with E-state index in [0.717, 1.165) is 0 Å². The van der Waals surface area contributed by atoms with Crippen LogP contribution in [0.1, 0.15) is 45.6 Å². The van der Waals surface area contributed by atoms with E-state index in [9.17, 15) is 5.26 Å². The van der Waals surface area contributed by atoms with Crippen molar-refractivity contribution in [2.75, 3.05) is 0 Å². The molecule has 0 spiro atoms. The molecule has 29 heavy (non-hydrogen) atoms. The lowest BCUT2D eigenvalue weighted by atomic mass is 9.48. The van der Waals surface area contributed by atoms with Gasteiger partial charge in [0.05, 0.1) is 25.2 Å². The van der Waals surface area contributed by atoms with Crippen molar-refractivity contribution >= 4 is 21.5 Å². The second-order valence-electron chi connectivity index (χ2n) is 8.67. The first kappa shape index (κ1) is 15.7. The van der Waals surface area contributed by atoms with Crippen LogP contribution in [0.2, 0.25) is 0 Å². The topological polar surface area (TPSA) is 33.0 Å². The van der Waals surface area contributed by atoms with Crippen LogP contribution in [0.4, 0.5) is 0 Å². The van der Waals surface area contributed by atoms with Gasteiger partial charge in [-0.15, -0.1) is 0 Å². The largest absolute Gasteiger partial charge is 0.372 e. The molecule has 0 bridgehead atoms. The van der Waals surface area contributed by atoms with Crippen molar-refractivity contribution in [3.8, 4) is 6.07 Å². The molecule has 2 nitrogen and oxygen atoms in total. The molecule has 7 rings (SSSR count). The summed E-state index contributed by atoms with van der Waals surface area (Å²) in [5.74, 6) is 0.845. The summed E-state index contributed by atoms with van der Waals surface area (Å²) in [4.78, 5) is 0. The van der Waals surface area contributed by atoms with E-state index in [1.54, 1.807) is 0 Å². The quantitative estimate of drug-likeness (QED) is 0.347. The standard InChI is InChI=1S/C27H19NO/c28-12-21-25-19-6-2-1-4-17(19)13-29-14-18-11-10-16-9-8-15-5-3-7-20-22(15)23(16)24(18)27(25)26(20)21/h1-11,21,25-27H,13-14H2/t21-,25+,26-,27+/m0/s1. The molecule has 0 N–H and O–H groups in total. The highest BCUT2D eigenvalue weighted by Crippen LogP contribution is 2.67. The maximum absolute atomic E-state index is 10.2. The molecule has 3 aliphatic rings. The fraction of sp³-hybridized carbons (Fsp3) is 0.222. The number of benzene rings is 4. The van der Waals surface area contributed by atoms with E-state index in [4.69, 9.17) is 4.74 Å². The van der Waals surface area contributed by atoms with Crippen molar-refractivity contribution in [2.24, 2.45) is 5.92 Å².